The molecule has 0 spiro atoms. The lowest BCUT2D eigenvalue weighted by Gasteiger charge is -2.34. The maximum atomic E-state index is 13.0. The molecule has 0 radical (unpaired) electrons. The quantitative estimate of drug-likeness (QED) is 0.638. The van der Waals surface area contributed by atoms with Crippen molar-refractivity contribution >= 4 is 21.6 Å². The first kappa shape index (κ1) is 19.0. The Morgan fingerprint density at radius 2 is 1.86 bits per heavy atom. The zero-order valence-corrected chi connectivity index (χ0v) is 16.5. The van der Waals surface area contributed by atoms with E-state index in [0.29, 0.717) is 16.9 Å². The van der Waals surface area contributed by atoms with E-state index in [1.807, 2.05) is 6.07 Å². The van der Waals surface area contributed by atoms with E-state index in [-0.39, 0.29) is 42.5 Å². The highest BCUT2D eigenvalue weighted by atomic mass is 32.2. The molecule has 0 saturated carbocycles. The fourth-order valence-electron chi connectivity index (χ4n) is 3.46. The Morgan fingerprint density at radius 3 is 2.59 bits per heavy atom. The average Bonchev–Trinajstić information content (AvgIpc) is 3.09. The van der Waals surface area contributed by atoms with Gasteiger partial charge in [0.05, 0.1) is 16.2 Å². The molecule has 1 fully saturated rings. The number of carbonyl (C=O) groups is 1. The first-order valence-corrected chi connectivity index (χ1v) is 10.5. The fourth-order valence-corrected chi connectivity index (χ4v) is 5.02. The van der Waals surface area contributed by atoms with Gasteiger partial charge in [0.25, 0.3) is 5.91 Å². The van der Waals surface area contributed by atoms with Crippen molar-refractivity contribution < 1.29 is 13.2 Å². The molecular formula is C19H18N6O3S. The van der Waals surface area contributed by atoms with Crippen molar-refractivity contribution in [3.05, 3.63) is 59.5 Å². The number of sulfonamides is 1. The van der Waals surface area contributed by atoms with Crippen LogP contribution in [-0.2, 0) is 10.0 Å². The molecule has 1 saturated heterocycles. The zero-order valence-electron chi connectivity index (χ0n) is 15.7. The molecule has 1 aromatic carbocycles. The molecule has 29 heavy (non-hydrogen) atoms. The predicted octanol–water partition coefficient (Wildman–Crippen LogP) is 1.06. The molecule has 3 aromatic rings. The van der Waals surface area contributed by atoms with E-state index in [2.05, 4.69) is 10.1 Å². The van der Waals surface area contributed by atoms with Crippen molar-refractivity contribution in [2.75, 3.05) is 26.2 Å². The number of amides is 1. The predicted molar refractivity (Wildman–Crippen MR) is 104 cm³/mol. The van der Waals surface area contributed by atoms with Crippen molar-refractivity contribution in [2.24, 2.45) is 0 Å². The van der Waals surface area contributed by atoms with E-state index in [1.54, 1.807) is 46.9 Å². The summed E-state index contributed by atoms with van der Waals surface area (Å²) in [5, 5.41) is 13.5. The van der Waals surface area contributed by atoms with Crippen molar-refractivity contribution in [3.8, 4) is 6.07 Å². The van der Waals surface area contributed by atoms with Crippen molar-refractivity contribution in [2.45, 2.75) is 11.8 Å². The Morgan fingerprint density at radius 1 is 1.14 bits per heavy atom. The molecule has 0 bridgehead atoms. The van der Waals surface area contributed by atoms with Gasteiger partial charge in [0.15, 0.2) is 5.65 Å². The molecule has 1 aliphatic heterocycles. The number of piperazine rings is 1. The van der Waals surface area contributed by atoms with Crippen LogP contribution < -0.4 is 0 Å². The van der Waals surface area contributed by atoms with Crippen molar-refractivity contribution in [1.82, 2.24) is 23.8 Å². The number of nitriles is 1. The first-order chi connectivity index (χ1) is 13.9. The van der Waals surface area contributed by atoms with E-state index in [0.717, 1.165) is 0 Å². The summed E-state index contributed by atoms with van der Waals surface area (Å²) >= 11 is 0. The van der Waals surface area contributed by atoms with E-state index >= 15 is 0 Å². The Balaban J connectivity index is 1.54. The third-order valence-corrected chi connectivity index (χ3v) is 6.89. The topological polar surface area (TPSA) is 112 Å². The van der Waals surface area contributed by atoms with Gasteiger partial charge in [-0.25, -0.2) is 17.9 Å². The van der Waals surface area contributed by atoms with Crippen LogP contribution in [0.2, 0.25) is 0 Å². The van der Waals surface area contributed by atoms with Gasteiger partial charge in [0.2, 0.25) is 10.0 Å². The smallest absolute Gasteiger partial charge is 0.259 e. The Hall–Kier alpha value is -3.29. The molecule has 10 heteroatoms. The van der Waals surface area contributed by atoms with Crippen LogP contribution in [0.1, 0.15) is 21.6 Å². The normalized spacial score (nSPS) is 15.4. The van der Waals surface area contributed by atoms with Crippen molar-refractivity contribution in [1.29, 1.82) is 5.26 Å². The van der Waals surface area contributed by atoms with Gasteiger partial charge >= 0.3 is 0 Å². The molecule has 0 aliphatic carbocycles. The number of benzene rings is 1. The summed E-state index contributed by atoms with van der Waals surface area (Å²) in [5.41, 5.74) is 1.59. The summed E-state index contributed by atoms with van der Waals surface area (Å²) in [5.74, 6) is -0.217. The third kappa shape index (κ3) is 3.24. The lowest BCUT2D eigenvalue weighted by Crippen LogP contribution is -2.50. The molecular weight excluding hydrogens is 392 g/mol. The number of hydrogen-bond acceptors (Lipinski definition) is 6. The van der Waals surface area contributed by atoms with E-state index in [4.69, 9.17) is 0 Å². The van der Waals surface area contributed by atoms with Crippen LogP contribution in [0, 0.1) is 18.3 Å². The molecule has 3 heterocycles. The number of rotatable bonds is 3. The summed E-state index contributed by atoms with van der Waals surface area (Å²) in [6, 6.07) is 9.78. The molecule has 9 nitrogen and oxygen atoms in total. The van der Waals surface area contributed by atoms with Gasteiger partial charge in [-0.1, -0.05) is 12.1 Å². The van der Waals surface area contributed by atoms with E-state index in [9.17, 15) is 18.5 Å². The van der Waals surface area contributed by atoms with Gasteiger partial charge in [-0.05, 0) is 25.1 Å². The second-order valence-corrected chi connectivity index (χ2v) is 8.56. The van der Waals surface area contributed by atoms with Crippen LogP contribution in [0.5, 0.6) is 0 Å². The molecule has 0 unspecified atom stereocenters. The number of nitrogens with zero attached hydrogens (tertiary/aromatic N) is 6. The Kier molecular flexibility index (Phi) is 4.77. The van der Waals surface area contributed by atoms with Crippen LogP contribution in [0.25, 0.3) is 5.65 Å². The minimum atomic E-state index is -3.81. The SMILES string of the molecule is Cc1nn2cccnc2c1C(=O)N1CCN(S(=O)(=O)c2ccccc2C#N)CC1. The van der Waals surface area contributed by atoms with Gasteiger partial charge in [0, 0.05) is 38.6 Å². The lowest BCUT2D eigenvalue weighted by molar-refractivity contribution is 0.0699. The van der Waals surface area contributed by atoms with Gasteiger partial charge in [-0.15, -0.1) is 0 Å². The molecule has 4 rings (SSSR count). The number of aromatic nitrogens is 3. The zero-order chi connectivity index (χ0) is 20.6. The highest BCUT2D eigenvalue weighted by Crippen LogP contribution is 2.22. The van der Waals surface area contributed by atoms with Crippen molar-refractivity contribution in [3.63, 3.8) is 0 Å². The standard InChI is InChI=1S/C19H18N6O3S/c1-14-17(18-21-7-4-8-25(18)22-14)19(26)23-9-11-24(12-10-23)29(27,28)16-6-3-2-5-15(16)13-20/h2-8H,9-12H2,1H3. The summed E-state index contributed by atoms with van der Waals surface area (Å²) in [4.78, 5) is 18.9. The molecule has 1 amide bonds. The molecule has 0 atom stereocenters. The highest BCUT2D eigenvalue weighted by Gasteiger charge is 2.33. The lowest BCUT2D eigenvalue weighted by atomic mass is 10.2. The summed E-state index contributed by atoms with van der Waals surface area (Å²) in [6.07, 6.45) is 3.33. The van der Waals surface area contributed by atoms with Crippen LogP contribution >= 0.6 is 0 Å². The maximum absolute atomic E-state index is 13.0. The molecule has 1 aliphatic rings. The van der Waals surface area contributed by atoms with E-state index in [1.165, 1.54) is 16.4 Å². The second-order valence-electron chi connectivity index (χ2n) is 6.65. The molecule has 0 N–H and O–H groups in total. The number of aryl methyl sites for hydroxylation is 1. The van der Waals surface area contributed by atoms with E-state index < -0.39 is 10.0 Å². The van der Waals surface area contributed by atoms with Gasteiger partial charge < -0.3 is 4.90 Å². The maximum Gasteiger partial charge on any atom is 0.259 e. The first-order valence-electron chi connectivity index (χ1n) is 9.02. The summed E-state index contributed by atoms with van der Waals surface area (Å²) in [6.45, 7) is 2.55. The largest absolute Gasteiger partial charge is 0.336 e. The van der Waals surface area contributed by atoms with Gasteiger partial charge in [0.1, 0.15) is 11.6 Å². The number of fused-ring (bicyclic) bond motifs is 1. The minimum absolute atomic E-state index is 0.00931. The van der Waals surface area contributed by atoms with Crippen LogP contribution in [0.3, 0.4) is 0 Å². The van der Waals surface area contributed by atoms with Crippen LogP contribution in [0.15, 0.2) is 47.6 Å². The number of hydrogen-bond donors (Lipinski definition) is 0. The molecule has 2 aromatic heterocycles. The third-order valence-electron chi connectivity index (χ3n) is 4.94. The monoisotopic (exact) mass is 410 g/mol. The number of carbonyl (C=O) groups excluding carboxylic acids is 1. The second kappa shape index (κ2) is 7.27. The average molecular weight is 410 g/mol. The van der Waals surface area contributed by atoms with Crippen LogP contribution in [0.4, 0.5) is 0 Å². The minimum Gasteiger partial charge on any atom is -0.336 e. The summed E-state index contributed by atoms with van der Waals surface area (Å²) < 4.78 is 28.8. The Bertz CT molecular complexity index is 1240. The summed E-state index contributed by atoms with van der Waals surface area (Å²) in [7, 11) is -3.81. The fraction of sp³-hybridized carbons (Fsp3) is 0.263. The highest BCUT2D eigenvalue weighted by molar-refractivity contribution is 7.89. The Labute approximate surface area is 167 Å². The van der Waals surface area contributed by atoms with Gasteiger partial charge in [-0.2, -0.15) is 14.7 Å². The van der Waals surface area contributed by atoms with Gasteiger partial charge in [-0.3, -0.25) is 4.79 Å². The van der Waals surface area contributed by atoms with Crippen LogP contribution in [-0.4, -0.2) is 64.3 Å². The molecule has 148 valence electrons.